The van der Waals surface area contributed by atoms with E-state index in [1.807, 2.05) is 12.2 Å². The molecule has 2 N–H and O–H groups in total. The highest BCUT2D eigenvalue weighted by Gasteiger charge is 2.28. The number of aliphatic hydroxyl groups excluding tert-OH is 1. The van der Waals surface area contributed by atoms with E-state index in [2.05, 4.69) is 130 Å². The molecule has 11 nitrogen and oxygen atoms in total. The second-order valence-electron chi connectivity index (χ2n) is 17.6. The van der Waals surface area contributed by atoms with Gasteiger partial charge in [0.15, 0.2) is 6.10 Å². The lowest BCUT2D eigenvalue weighted by Crippen LogP contribution is -2.30. The highest BCUT2D eigenvalue weighted by molar-refractivity contribution is 7.47. The molecular formula is C60H97O11P. The SMILES string of the molecule is CC/C=C\C/C=C\C/C=C\C/C=C\C/C=C\CCCC(=O)OC(COC(=O)CCCCCC/C=C\C/C=C\C/C=C\C/C=C\CC)COP(=O)(O)OCC(CO)OC(=O)CCCCCCC/C=C\CCCC. The van der Waals surface area contributed by atoms with Crippen LogP contribution in [0.1, 0.15) is 201 Å². The van der Waals surface area contributed by atoms with Crippen LogP contribution in [0.4, 0.5) is 0 Å². The quantitative estimate of drug-likeness (QED) is 0.0197. The molecule has 0 heterocycles. The maximum absolute atomic E-state index is 12.9. The number of hydrogen-bond donors (Lipinski definition) is 2. The second kappa shape index (κ2) is 53.2. The van der Waals surface area contributed by atoms with Gasteiger partial charge in [-0.15, -0.1) is 0 Å². The minimum Gasteiger partial charge on any atom is -0.462 e. The molecule has 0 spiro atoms. The van der Waals surface area contributed by atoms with E-state index in [9.17, 15) is 28.9 Å². The van der Waals surface area contributed by atoms with Crippen LogP contribution in [0.3, 0.4) is 0 Å². The molecule has 0 aromatic heterocycles. The smallest absolute Gasteiger partial charge is 0.462 e. The lowest BCUT2D eigenvalue weighted by atomic mass is 10.1. The normalized spacial score (nSPS) is 14.3. The molecule has 408 valence electrons. The molecule has 0 aromatic carbocycles. The first-order valence-electron chi connectivity index (χ1n) is 27.4. The second-order valence-corrected chi connectivity index (χ2v) is 19.1. The van der Waals surface area contributed by atoms with Gasteiger partial charge in [0.05, 0.1) is 19.8 Å². The minimum atomic E-state index is -4.77. The summed E-state index contributed by atoms with van der Waals surface area (Å²) in [4.78, 5) is 48.4. The van der Waals surface area contributed by atoms with Gasteiger partial charge in [-0.3, -0.25) is 23.4 Å². The van der Waals surface area contributed by atoms with Gasteiger partial charge in [0.25, 0.3) is 0 Å². The molecule has 0 bridgehead atoms. The number of esters is 3. The van der Waals surface area contributed by atoms with Crippen LogP contribution in [0.15, 0.2) is 122 Å². The van der Waals surface area contributed by atoms with Crippen LogP contribution in [-0.4, -0.2) is 66.5 Å². The Morgan fingerprint density at radius 1 is 0.403 bits per heavy atom. The van der Waals surface area contributed by atoms with Gasteiger partial charge in [0.2, 0.25) is 0 Å². The van der Waals surface area contributed by atoms with Crippen LogP contribution in [0.5, 0.6) is 0 Å². The first kappa shape index (κ1) is 67.9. The number of carbonyl (C=O) groups excluding carboxylic acids is 3. The zero-order valence-electron chi connectivity index (χ0n) is 44.8. The third-order valence-corrected chi connectivity index (χ3v) is 11.8. The van der Waals surface area contributed by atoms with E-state index in [0.717, 1.165) is 122 Å². The molecule has 12 heteroatoms. The Morgan fingerprint density at radius 3 is 1.18 bits per heavy atom. The Labute approximate surface area is 437 Å². The third kappa shape index (κ3) is 50.8. The molecule has 0 saturated heterocycles. The molecule has 3 atom stereocenters. The molecular weight excluding hydrogens is 928 g/mol. The van der Waals surface area contributed by atoms with Crippen molar-refractivity contribution in [2.75, 3.05) is 26.4 Å². The largest absolute Gasteiger partial charge is 0.472 e. The van der Waals surface area contributed by atoms with Gasteiger partial charge in [-0.2, -0.15) is 0 Å². The average molecular weight is 1030 g/mol. The van der Waals surface area contributed by atoms with E-state index in [1.165, 1.54) is 12.8 Å². The van der Waals surface area contributed by atoms with Crippen LogP contribution in [0.2, 0.25) is 0 Å². The molecule has 3 unspecified atom stereocenters. The van der Waals surface area contributed by atoms with E-state index >= 15 is 0 Å². The lowest BCUT2D eigenvalue weighted by molar-refractivity contribution is -0.161. The standard InChI is InChI=1S/C60H97O11P/c1-4-7-10-13-16-19-22-24-26-28-30-32-35-37-40-43-46-49-58(62)67-53-57(71-60(64)51-48-45-42-39-36-33-31-29-27-25-23-20-17-14-11-8-5-2)55-69-72(65,66)68-54-56(52-61)70-59(63)50-47-44-41-38-34-21-18-15-12-9-6-3/h7-8,10-11,15-20,24-27,30-33,39,42,56-57,61H,4-6,9,12-14,21-23,28-29,34-38,40-41,43-55H2,1-3H3,(H,65,66)/b10-7-,11-8-,18-15-,19-16-,20-17-,26-24-,27-25-,32-30-,33-31-,42-39-. The summed E-state index contributed by atoms with van der Waals surface area (Å²) in [5.41, 5.74) is 0. The molecule has 0 aliphatic carbocycles. The van der Waals surface area contributed by atoms with Crippen LogP contribution < -0.4 is 0 Å². The Hall–Kier alpha value is -4.12. The Morgan fingerprint density at radius 2 is 0.736 bits per heavy atom. The van der Waals surface area contributed by atoms with E-state index < -0.39 is 57.8 Å². The van der Waals surface area contributed by atoms with Crippen LogP contribution in [-0.2, 0) is 42.2 Å². The highest BCUT2D eigenvalue weighted by Crippen LogP contribution is 2.43. The molecule has 0 aromatic rings. The van der Waals surface area contributed by atoms with Crippen molar-refractivity contribution in [3.05, 3.63) is 122 Å². The Balaban J connectivity index is 4.90. The number of carbonyl (C=O) groups is 3. The summed E-state index contributed by atoms with van der Waals surface area (Å²) in [6.07, 6.45) is 64.6. The van der Waals surface area contributed by atoms with E-state index in [0.29, 0.717) is 25.7 Å². The zero-order chi connectivity index (χ0) is 52.7. The lowest BCUT2D eigenvalue weighted by Gasteiger charge is -2.21. The first-order chi connectivity index (χ1) is 35.2. The fraction of sp³-hybridized carbons (Fsp3) is 0.617. The molecule has 0 aliphatic heterocycles. The van der Waals surface area contributed by atoms with Gasteiger partial charge in [0.1, 0.15) is 12.7 Å². The van der Waals surface area contributed by atoms with E-state index in [4.69, 9.17) is 23.3 Å². The predicted octanol–water partition coefficient (Wildman–Crippen LogP) is 16.0. The average Bonchev–Trinajstić information content (AvgIpc) is 3.37. The van der Waals surface area contributed by atoms with Crippen molar-refractivity contribution < 1.29 is 52.2 Å². The van der Waals surface area contributed by atoms with Crippen LogP contribution in [0.25, 0.3) is 0 Å². The fourth-order valence-electron chi connectivity index (χ4n) is 6.71. The van der Waals surface area contributed by atoms with Crippen LogP contribution in [0, 0.1) is 0 Å². The number of unbranched alkanes of at least 4 members (excludes halogenated alkanes) is 12. The number of phosphoric acid groups is 1. The molecule has 0 rings (SSSR count). The number of phosphoric ester groups is 1. The summed E-state index contributed by atoms with van der Waals surface area (Å²) in [6, 6.07) is 0. The summed E-state index contributed by atoms with van der Waals surface area (Å²) in [7, 11) is -4.77. The maximum atomic E-state index is 12.9. The molecule has 0 saturated carbocycles. The minimum absolute atomic E-state index is 0.0767. The van der Waals surface area contributed by atoms with Gasteiger partial charge < -0.3 is 24.2 Å². The summed E-state index contributed by atoms with van der Waals surface area (Å²) < 4.78 is 39.3. The van der Waals surface area contributed by atoms with Crippen molar-refractivity contribution in [3.8, 4) is 0 Å². The highest BCUT2D eigenvalue weighted by atomic mass is 31.2. The Kier molecular flexibility index (Phi) is 50.1. The van der Waals surface area contributed by atoms with Crippen molar-refractivity contribution in [1.29, 1.82) is 0 Å². The van der Waals surface area contributed by atoms with Crippen molar-refractivity contribution in [1.82, 2.24) is 0 Å². The summed E-state index contributed by atoms with van der Waals surface area (Å²) in [5.74, 6) is -1.59. The van der Waals surface area contributed by atoms with Gasteiger partial charge in [-0.05, 0) is 116 Å². The van der Waals surface area contributed by atoms with Crippen molar-refractivity contribution in [2.24, 2.45) is 0 Å². The van der Waals surface area contributed by atoms with Gasteiger partial charge in [-0.1, -0.05) is 187 Å². The number of hydrogen-bond acceptors (Lipinski definition) is 10. The maximum Gasteiger partial charge on any atom is 0.472 e. The number of aliphatic hydroxyl groups is 1. The zero-order valence-corrected chi connectivity index (χ0v) is 45.7. The van der Waals surface area contributed by atoms with Crippen molar-refractivity contribution in [2.45, 2.75) is 213 Å². The van der Waals surface area contributed by atoms with Crippen LogP contribution >= 0.6 is 7.82 Å². The summed E-state index contributed by atoms with van der Waals surface area (Å²) in [6.45, 7) is 4.24. The van der Waals surface area contributed by atoms with E-state index in [1.54, 1.807) is 0 Å². The fourth-order valence-corrected chi connectivity index (χ4v) is 7.50. The third-order valence-electron chi connectivity index (χ3n) is 10.8. The molecule has 0 amide bonds. The monoisotopic (exact) mass is 1020 g/mol. The topological polar surface area (TPSA) is 155 Å². The number of allylic oxidation sites excluding steroid dienone is 20. The number of rotatable bonds is 49. The van der Waals surface area contributed by atoms with Gasteiger partial charge in [-0.25, -0.2) is 4.57 Å². The number of ether oxygens (including phenoxy) is 3. The summed E-state index contributed by atoms with van der Waals surface area (Å²) in [5, 5.41) is 9.78. The molecule has 72 heavy (non-hydrogen) atoms. The predicted molar refractivity (Wildman–Crippen MR) is 297 cm³/mol. The first-order valence-corrected chi connectivity index (χ1v) is 28.9. The van der Waals surface area contributed by atoms with Crippen molar-refractivity contribution in [3.63, 3.8) is 0 Å². The molecule has 0 aliphatic rings. The van der Waals surface area contributed by atoms with Crippen molar-refractivity contribution >= 4 is 25.7 Å². The molecule has 0 radical (unpaired) electrons. The van der Waals surface area contributed by atoms with E-state index in [-0.39, 0.29) is 25.9 Å². The summed E-state index contributed by atoms with van der Waals surface area (Å²) >= 11 is 0. The van der Waals surface area contributed by atoms with Gasteiger partial charge >= 0.3 is 25.7 Å². The van der Waals surface area contributed by atoms with Gasteiger partial charge in [0, 0.05) is 19.3 Å². The molecule has 0 fully saturated rings. The Bertz CT molecular complexity index is 1670.